The van der Waals surface area contributed by atoms with E-state index in [-0.39, 0.29) is 5.91 Å². The molecule has 0 spiro atoms. The molecule has 4 heterocycles. The normalized spacial score (nSPS) is 14.4. The van der Waals surface area contributed by atoms with Crippen LogP contribution in [0.4, 0.5) is 5.82 Å². The van der Waals surface area contributed by atoms with Gasteiger partial charge in [0.1, 0.15) is 22.0 Å². The summed E-state index contributed by atoms with van der Waals surface area (Å²) in [6.45, 7) is 5.02. The topological polar surface area (TPSA) is 62.2 Å². The van der Waals surface area contributed by atoms with E-state index >= 15 is 0 Å². The van der Waals surface area contributed by atoms with Gasteiger partial charge in [0, 0.05) is 37.1 Å². The Morgan fingerprint density at radius 2 is 1.83 bits per heavy atom. The summed E-state index contributed by atoms with van der Waals surface area (Å²) in [5, 5.41) is 6.10. The molecule has 1 aliphatic rings. The van der Waals surface area contributed by atoms with Crippen molar-refractivity contribution in [2.24, 2.45) is 0 Å². The van der Waals surface area contributed by atoms with Crippen LogP contribution in [0, 0.1) is 6.92 Å². The molecule has 0 radical (unpaired) electrons. The van der Waals surface area contributed by atoms with Crippen molar-refractivity contribution in [3.05, 3.63) is 58.7 Å². The Hall–Kier alpha value is -2.84. The van der Waals surface area contributed by atoms with E-state index < -0.39 is 0 Å². The van der Waals surface area contributed by atoms with E-state index in [2.05, 4.69) is 57.1 Å². The number of fused-ring (bicyclic) bond motifs is 1. The van der Waals surface area contributed by atoms with Crippen LogP contribution in [0.25, 0.3) is 20.8 Å². The van der Waals surface area contributed by atoms with E-state index in [1.54, 1.807) is 29.0 Å². The van der Waals surface area contributed by atoms with E-state index in [0.29, 0.717) is 19.5 Å². The van der Waals surface area contributed by atoms with Gasteiger partial charge in [0.2, 0.25) is 5.91 Å². The molecule has 8 heteroatoms. The molecule has 0 saturated carbocycles. The first-order valence-electron chi connectivity index (χ1n) is 9.90. The zero-order valence-corrected chi connectivity index (χ0v) is 18.2. The first kappa shape index (κ1) is 19.1. The third-order valence-corrected chi connectivity index (χ3v) is 7.12. The SMILES string of the molecule is Cc1ccc(-c2nc(CC(=O)N3CCN(c4ncnc5sccc45)CC3)cs2)cc1. The molecule has 5 rings (SSSR count). The first-order valence-corrected chi connectivity index (χ1v) is 11.7. The summed E-state index contributed by atoms with van der Waals surface area (Å²) in [4.78, 5) is 31.5. The van der Waals surface area contributed by atoms with Gasteiger partial charge in [-0.05, 0) is 18.4 Å². The van der Waals surface area contributed by atoms with Gasteiger partial charge in [0.25, 0.3) is 0 Å². The number of rotatable bonds is 4. The second kappa shape index (κ2) is 8.12. The van der Waals surface area contributed by atoms with Crippen molar-refractivity contribution in [1.82, 2.24) is 19.9 Å². The maximum absolute atomic E-state index is 12.8. The van der Waals surface area contributed by atoms with Crippen molar-refractivity contribution >= 4 is 44.6 Å². The molecule has 1 aromatic carbocycles. The van der Waals surface area contributed by atoms with Crippen molar-refractivity contribution in [3.63, 3.8) is 0 Å². The minimum atomic E-state index is 0.138. The molecule has 0 unspecified atom stereocenters. The summed E-state index contributed by atoms with van der Waals surface area (Å²) in [7, 11) is 0. The second-order valence-electron chi connectivity index (χ2n) is 7.39. The highest BCUT2D eigenvalue weighted by Gasteiger charge is 2.24. The fourth-order valence-corrected chi connectivity index (χ4v) is 5.23. The number of thiazole rings is 1. The van der Waals surface area contributed by atoms with Crippen LogP contribution in [0.2, 0.25) is 0 Å². The van der Waals surface area contributed by atoms with Crippen LogP contribution in [0.15, 0.2) is 47.4 Å². The molecule has 30 heavy (non-hydrogen) atoms. The van der Waals surface area contributed by atoms with Crippen LogP contribution in [0.3, 0.4) is 0 Å². The number of piperazine rings is 1. The van der Waals surface area contributed by atoms with E-state index in [1.807, 2.05) is 15.7 Å². The van der Waals surface area contributed by atoms with Crippen molar-refractivity contribution in [1.29, 1.82) is 0 Å². The lowest BCUT2D eigenvalue weighted by atomic mass is 10.2. The summed E-state index contributed by atoms with van der Waals surface area (Å²) in [6, 6.07) is 10.4. The lowest BCUT2D eigenvalue weighted by Crippen LogP contribution is -2.49. The van der Waals surface area contributed by atoms with E-state index in [1.165, 1.54) is 5.56 Å². The number of aromatic nitrogens is 3. The van der Waals surface area contributed by atoms with E-state index in [4.69, 9.17) is 0 Å². The Balaban J connectivity index is 1.21. The predicted molar refractivity (Wildman–Crippen MR) is 122 cm³/mol. The second-order valence-corrected chi connectivity index (χ2v) is 9.14. The molecule has 1 amide bonds. The molecular weight excluding hydrogens is 414 g/mol. The number of amides is 1. The van der Waals surface area contributed by atoms with Crippen LogP contribution in [-0.4, -0.2) is 51.9 Å². The van der Waals surface area contributed by atoms with Crippen molar-refractivity contribution in [2.75, 3.05) is 31.1 Å². The Labute approximate surface area is 182 Å². The number of carbonyl (C=O) groups excluding carboxylic acids is 1. The van der Waals surface area contributed by atoms with Gasteiger partial charge in [0.15, 0.2) is 0 Å². The lowest BCUT2D eigenvalue weighted by Gasteiger charge is -2.35. The average molecular weight is 436 g/mol. The minimum absolute atomic E-state index is 0.138. The highest BCUT2D eigenvalue weighted by Crippen LogP contribution is 2.28. The fourth-order valence-electron chi connectivity index (χ4n) is 3.68. The zero-order chi connectivity index (χ0) is 20.5. The van der Waals surface area contributed by atoms with Gasteiger partial charge in [-0.2, -0.15) is 0 Å². The van der Waals surface area contributed by atoms with Gasteiger partial charge in [-0.1, -0.05) is 29.8 Å². The third-order valence-electron chi connectivity index (χ3n) is 5.36. The maximum atomic E-state index is 12.8. The number of hydrogen-bond donors (Lipinski definition) is 0. The highest BCUT2D eigenvalue weighted by molar-refractivity contribution is 7.16. The number of nitrogens with zero attached hydrogens (tertiary/aromatic N) is 5. The molecule has 0 atom stereocenters. The van der Waals surface area contributed by atoms with Gasteiger partial charge in [-0.25, -0.2) is 15.0 Å². The molecule has 3 aromatic heterocycles. The number of carbonyl (C=O) groups is 1. The predicted octanol–water partition coefficient (Wildman–Crippen LogP) is 4.01. The third kappa shape index (κ3) is 3.80. The highest BCUT2D eigenvalue weighted by atomic mass is 32.1. The van der Waals surface area contributed by atoms with E-state index in [0.717, 1.165) is 45.4 Å². The quantitative estimate of drug-likeness (QED) is 0.485. The maximum Gasteiger partial charge on any atom is 0.228 e. The number of aryl methyl sites for hydroxylation is 1. The summed E-state index contributed by atoms with van der Waals surface area (Å²) < 4.78 is 0. The molecule has 4 aromatic rings. The smallest absolute Gasteiger partial charge is 0.228 e. The molecule has 0 N–H and O–H groups in total. The summed E-state index contributed by atoms with van der Waals surface area (Å²) in [6.07, 6.45) is 1.98. The average Bonchev–Trinajstić information content (AvgIpc) is 3.44. The monoisotopic (exact) mass is 435 g/mol. The molecule has 152 valence electrons. The van der Waals surface area contributed by atoms with Crippen LogP contribution >= 0.6 is 22.7 Å². The summed E-state index contributed by atoms with van der Waals surface area (Å²) >= 11 is 3.22. The zero-order valence-electron chi connectivity index (χ0n) is 16.6. The van der Waals surface area contributed by atoms with Gasteiger partial charge >= 0.3 is 0 Å². The molecule has 1 aliphatic heterocycles. The van der Waals surface area contributed by atoms with Crippen LogP contribution in [-0.2, 0) is 11.2 Å². The summed E-state index contributed by atoms with van der Waals surface area (Å²) in [5.74, 6) is 1.11. The summed E-state index contributed by atoms with van der Waals surface area (Å²) in [5.41, 5.74) is 3.17. The van der Waals surface area contributed by atoms with Gasteiger partial charge in [-0.15, -0.1) is 22.7 Å². The molecule has 1 saturated heterocycles. The largest absolute Gasteiger partial charge is 0.352 e. The number of hydrogen-bond acceptors (Lipinski definition) is 7. The number of thiophene rings is 1. The van der Waals surface area contributed by atoms with Crippen LogP contribution in [0.5, 0.6) is 0 Å². The molecule has 0 aliphatic carbocycles. The van der Waals surface area contributed by atoms with Crippen LogP contribution < -0.4 is 4.90 Å². The first-order chi connectivity index (χ1) is 14.7. The fraction of sp³-hybridized carbons (Fsp3) is 0.273. The Kier molecular flexibility index (Phi) is 5.18. The van der Waals surface area contributed by atoms with Crippen LogP contribution in [0.1, 0.15) is 11.3 Å². The Morgan fingerprint density at radius 3 is 2.63 bits per heavy atom. The standard InChI is InChI=1S/C22H21N5OS2/c1-15-2-4-16(5-3-15)21-25-17(13-30-21)12-19(28)26-7-9-27(10-8-26)20-18-6-11-29-22(18)24-14-23-20/h2-6,11,13-14H,7-10,12H2,1H3. The molecule has 0 bridgehead atoms. The van der Waals surface area contributed by atoms with Gasteiger partial charge in [0.05, 0.1) is 17.5 Å². The lowest BCUT2D eigenvalue weighted by molar-refractivity contribution is -0.130. The minimum Gasteiger partial charge on any atom is -0.352 e. The Bertz CT molecular complexity index is 1180. The molecule has 6 nitrogen and oxygen atoms in total. The van der Waals surface area contributed by atoms with Gasteiger partial charge < -0.3 is 9.80 Å². The molecule has 1 fully saturated rings. The molecular formula is C22H21N5OS2. The van der Waals surface area contributed by atoms with Crippen molar-refractivity contribution in [3.8, 4) is 10.6 Å². The Morgan fingerprint density at radius 1 is 1.03 bits per heavy atom. The van der Waals surface area contributed by atoms with Gasteiger partial charge in [-0.3, -0.25) is 4.79 Å². The van der Waals surface area contributed by atoms with Crippen molar-refractivity contribution in [2.45, 2.75) is 13.3 Å². The number of anilines is 1. The number of benzene rings is 1. The van der Waals surface area contributed by atoms with Crippen molar-refractivity contribution < 1.29 is 4.79 Å². The van der Waals surface area contributed by atoms with E-state index in [9.17, 15) is 4.79 Å².